The standard InChI is InChI=1S/C79H142O5/c1-3-5-7-9-11-13-15-17-19-21-23-25-27-29-31-33-35-37-38-39-40-42-43-45-47-49-51-53-55-57-59-61-63-65-67-69-71-73-78(81)83-76-77(75-80)84-79(82)74-72-70-68-66-64-62-60-58-56-54-52-50-48-46-44-41-36-34-32-30-28-26-24-22-20-18-16-14-12-10-8-6-4-2/h6,8,12,14-15,17-18,20-21,23-24,26-27,29,77,80H,3-5,7,9-11,13,16,19,22,25,28,30-76H2,1-2H3/b8-6-,14-12-,17-15-,20-18-,23-21-,26-24-,29-27-. The zero-order valence-electron chi connectivity index (χ0n) is 56.2. The Labute approximate surface area is 524 Å². The molecule has 5 nitrogen and oxygen atoms in total. The van der Waals surface area contributed by atoms with Crippen molar-refractivity contribution in [2.24, 2.45) is 0 Å². The number of carbonyl (C=O) groups is 2. The summed E-state index contributed by atoms with van der Waals surface area (Å²) in [6.45, 7) is 4.07. The molecule has 0 aliphatic carbocycles. The molecule has 0 aliphatic rings. The predicted molar refractivity (Wildman–Crippen MR) is 371 cm³/mol. The second-order valence-electron chi connectivity index (χ2n) is 25.0. The lowest BCUT2D eigenvalue weighted by molar-refractivity contribution is -0.161. The zero-order chi connectivity index (χ0) is 60.5. The molecule has 0 saturated heterocycles. The van der Waals surface area contributed by atoms with Gasteiger partial charge in [0, 0.05) is 12.8 Å². The molecule has 84 heavy (non-hydrogen) atoms. The van der Waals surface area contributed by atoms with Crippen molar-refractivity contribution in [2.75, 3.05) is 13.2 Å². The first-order valence-corrected chi connectivity index (χ1v) is 37.1. The highest BCUT2D eigenvalue weighted by Crippen LogP contribution is 2.19. The van der Waals surface area contributed by atoms with E-state index in [4.69, 9.17) is 9.47 Å². The molecular weight excluding hydrogens is 1030 g/mol. The van der Waals surface area contributed by atoms with Crippen LogP contribution in [-0.4, -0.2) is 36.4 Å². The molecule has 0 aromatic heterocycles. The van der Waals surface area contributed by atoms with Crippen LogP contribution in [0.5, 0.6) is 0 Å². The summed E-state index contributed by atoms with van der Waals surface area (Å²) in [5.41, 5.74) is 0. The summed E-state index contributed by atoms with van der Waals surface area (Å²) in [7, 11) is 0. The quantitative estimate of drug-likeness (QED) is 0.0373. The van der Waals surface area contributed by atoms with Crippen LogP contribution in [0.4, 0.5) is 0 Å². The summed E-state index contributed by atoms with van der Waals surface area (Å²) in [6, 6.07) is 0. The lowest BCUT2D eigenvalue weighted by Gasteiger charge is -2.15. The molecule has 0 saturated carbocycles. The zero-order valence-corrected chi connectivity index (χ0v) is 56.2. The van der Waals surface area contributed by atoms with Crippen LogP contribution < -0.4 is 0 Å². The molecule has 5 heteroatoms. The van der Waals surface area contributed by atoms with Crippen LogP contribution in [0, 0.1) is 0 Å². The fourth-order valence-electron chi connectivity index (χ4n) is 11.1. The molecule has 0 fully saturated rings. The van der Waals surface area contributed by atoms with Crippen molar-refractivity contribution in [3.8, 4) is 0 Å². The molecule has 0 spiro atoms. The van der Waals surface area contributed by atoms with E-state index in [-0.39, 0.29) is 25.2 Å². The molecule has 1 N–H and O–H groups in total. The molecule has 0 aromatic rings. The molecule has 0 radical (unpaired) electrons. The van der Waals surface area contributed by atoms with E-state index >= 15 is 0 Å². The van der Waals surface area contributed by atoms with Gasteiger partial charge >= 0.3 is 11.9 Å². The largest absolute Gasteiger partial charge is 0.462 e. The first kappa shape index (κ1) is 81.1. The van der Waals surface area contributed by atoms with E-state index < -0.39 is 6.10 Å². The van der Waals surface area contributed by atoms with Gasteiger partial charge in [0.2, 0.25) is 0 Å². The number of aliphatic hydroxyl groups is 1. The minimum absolute atomic E-state index is 0.0622. The lowest BCUT2D eigenvalue weighted by atomic mass is 10.0. The average molecular weight is 1170 g/mol. The number of aliphatic hydroxyl groups excluding tert-OH is 1. The van der Waals surface area contributed by atoms with Crippen LogP contribution in [-0.2, 0) is 19.1 Å². The number of unbranched alkanes of at least 4 members (excludes halogenated alkanes) is 47. The summed E-state index contributed by atoms with van der Waals surface area (Å²) in [6.07, 6.45) is 105. The van der Waals surface area contributed by atoms with Crippen molar-refractivity contribution < 1.29 is 24.2 Å². The first-order valence-electron chi connectivity index (χ1n) is 37.1. The maximum atomic E-state index is 12.4. The Hall–Kier alpha value is -2.92. The molecule has 0 aliphatic heterocycles. The van der Waals surface area contributed by atoms with Gasteiger partial charge in [0.1, 0.15) is 6.61 Å². The average Bonchev–Trinajstić information content (AvgIpc) is 3.51. The van der Waals surface area contributed by atoms with Crippen LogP contribution in [0.1, 0.15) is 386 Å². The van der Waals surface area contributed by atoms with E-state index in [0.29, 0.717) is 12.8 Å². The molecule has 0 aromatic carbocycles. The minimum Gasteiger partial charge on any atom is -0.462 e. The van der Waals surface area contributed by atoms with Gasteiger partial charge in [0.05, 0.1) is 6.61 Å². The number of hydrogen-bond donors (Lipinski definition) is 1. The highest BCUT2D eigenvalue weighted by atomic mass is 16.6. The van der Waals surface area contributed by atoms with E-state index in [1.807, 2.05) is 0 Å². The monoisotopic (exact) mass is 1170 g/mol. The maximum Gasteiger partial charge on any atom is 0.306 e. The third kappa shape index (κ3) is 71.6. The highest BCUT2D eigenvalue weighted by Gasteiger charge is 2.16. The molecule has 0 rings (SSSR count). The Morgan fingerprint density at radius 3 is 0.774 bits per heavy atom. The van der Waals surface area contributed by atoms with E-state index in [9.17, 15) is 14.7 Å². The second-order valence-corrected chi connectivity index (χ2v) is 25.0. The smallest absolute Gasteiger partial charge is 0.306 e. The van der Waals surface area contributed by atoms with E-state index in [2.05, 4.69) is 98.9 Å². The van der Waals surface area contributed by atoms with Crippen LogP contribution in [0.25, 0.3) is 0 Å². The molecule has 0 heterocycles. The van der Waals surface area contributed by atoms with Gasteiger partial charge < -0.3 is 14.6 Å². The summed E-state index contributed by atoms with van der Waals surface area (Å²) in [5, 5.41) is 9.72. The van der Waals surface area contributed by atoms with Crippen LogP contribution in [0.2, 0.25) is 0 Å². The highest BCUT2D eigenvalue weighted by molar-refractivity contribution is 5.70. The van der Waals surface area contributed by atoms with Gasteiger partial charge in [0.25, 0.3) is 0 Å². The van der Waals surface area contributed by atoms with Gasteiger partial charge in [-0.2, -0.15) is 0 Å². The molecule has 1 unspecified atom stereocenters. The summed E-state index contributed by atoms with van der Waals surface area (Å²) in [5.74, 6) is -0.570. The van der Waals surface area contributed by atoms with Gasteiger partial charge in [-0.05, 0) is 89.9 Å². The number of hydrogen-bond acceptors (Lipinski definition) is 5. The lowest BCUT2D eigenvalue weighted by Crippen LogP contribution is -2.28. The van der Waals surface area contributed by atoms with E-state index in [0.717, 1.165) is 77.0 Å². The van der Waals surface area contributed by atoms with Gasteiger partial charge in [-0.25, -0.2) is 0 Å². The van der Waals surface area contributed by atoms with Crippen LogP contribution >= 0.6 is 0 Å². The second kappa shape index (κ2) is 74.3. The minimum atomic E-state index is -0.773. The van der Waals surface area contributed by atoms with Gasteiger partial charge in [-0.1, -0.05) is 369 Å². The fraction of sp³-hybridized carbons (Fsp3) is 0.797. The van der Waals surface area contributed by atoms with Gasteiger partial charge in [-0.3, -0.25) is 9.59 Å². The van der Waals surface area contributed by atoms with Crippen molar-refractivity contribution in [2.45, 2.75) is 392 Å². The van der Waals surface area contributed by atoms with Crippen molar-refractivity contribution >= 4 is 11.9 Å². The van der Waals surface area contributed by atoms with Crippen molar-refractivity contribution in [3.63, 3.8) is 0 Å². The van der Waals surface area contributed by atoms with Crippen molar-refractivity contribution in [1.82, 2.24) is 0 Å². The third-order valence-electron chi connectivity index (χ3n) is 16.7. The molecule has 488 valence electrons. The first-order chi connectivity index (χ1) is 41.6. The topological polar surface area (TPSA) is 72.8 Å². The van der Waals surface area contributed by atoms with E-state index in [1.165, 1.54) is 283 Å². The van der Waals surface area contributed by atoms with Crippen molar-refractivity contribution in [3.05, 3.63) is 85.1 Å². The molecule has 0 bridgehead atoms. The Morgan fingerprint density at radius 2 is 0.512 bits per heavy atom. The number of ether oxygens (including phenoxy) is 2. The van der Waals surface area contributed by atoms with Gasteiger partial charge in [0.15, 0.2) is 6.10 Å². The predicted octanol–water partition coefficient (Wildman–Crippen LogP) is 26.0. The van der Waals surface area contributed by atoms with Crippen LogP contribution in [0.15, 0.2) is 85.1 Å². The Balaban J connectivity index is 3.40. The summed E-state index contributed by atoms with van der Waals surface area (Å²) in [4.78, 5) is 24.7. The normalized spacial score (nSPS) is 12.7. The van der Waals surface area contributed by atoms with Crippen LogP contribution in [0.3, 0.4) is 0 Å². The molecule has 0 amide bonds. The Morgan fingerprint density at radius 1 is 0.286 bits per heavy atom. The number of carbonyl (C=O) groups excluding carboxylic acids is 2. The van der Waals surface area contributed by atoms with Crippen molar-refractivity contribution in [1.29, 1.82) is 0 Å². The Kier molecular flexibility index (Phi) is 71.7. The van der Waals surface area contributed by atoms with E-state index in [1.54, 1.807) is 0 Å². The SMILES string of the molecule is CC/C=C\C/C=C\C/C=C\C/C=C\CCCCCCCCCCCCCCCCCCCCCCC(=O)OC(CO)COC(=O)CCCCCCCCCCCCCCCCCCCCCCCC/C=C\C/C=C\C/C=C\CCCCCCC. The maximum absolute atomic E-state index is 12.4. The fourth-order valence-corrected chi connectivity index (χ4v) is 11.1. The molecule has 1 atom stereocenters. The number of allylic oxidation sites excluding steroid dienone is 14. The third-order valence-corrected chi connectivity index (χ3v) is 16.7. The number of rotatable bonds is 69. The molecular formula is C79H142O5. The Bertz CT molecular complexity index is 1520. The summed E-state index contributed by atoms with van der Waals surface area (Å²) >= 11 is 0. The number of esters is 2. The van der Waals surface area contributed by atoms with Gasteiger partial charge in [-0.15, -0.1) is 0 Å². The summed E-state index contributed by atoms with van der Waals surface area (Å²) < 4.78 is 10.8.